The quantitative estimate of drug-likeness (QED) is 0.573. The van der Waals surface area contributed by atoms with Gasteiger partial charge in [0, 0.05) is 13.7 Å². The Morgan fingerprint density at radius 1 is 1.70 bits per heavy atom. The third-order valence-corrected chi connectivity index (χ3v) is 1.77. The summed E-state index contributed by atoms with van der Waals surface area (Å²) in [6, 6.07) is 0. The summed E-state index contributed by atoms with van der Waals surface area (Å²) in [4.78, 5) is 10.9. The van der Waals surface area contributed by atoms with E-state index in [2.05, 4.69) is 5.32 Å². The van der Waals surface area contributed by atoms with Crippen LogP contribution in [0.1, 0.15) is 19.3 Å². The van der Waals surface area contributed by atoms with E-state index in [-0.39, 0.29) is 12.0 Å². The van der Waals surface area contributed by atoms with Crippen molar-refractivity contribution in [3.63, 3.8) is 0 Å². The minimum absolute atomic E-state index is 0.115. The summed E-state index contributed by atoms with van der Waals surface area (Å²) >= 11 is 0. The Morgan fingerprint density at radius 3 is 3.20 bits per heavy atom. The Kier molecular flexibility index (Phi) is 2.68. The Morgan fingerprint density at radius 2 is 2.50 bits per heavy atom. The van der Waals surface area contributed by atoms with Crippen LogP contribution in [0.5, 0.6) is 0 Å². The number of methoxy groups -OCH3 is 1. The lowest BCUT2D eigenvalue weighted by molar-refractivity contribution is -0.122. The molecule has 1 fully saturated rings. The highest BCUT2D eigenvalue weighted by atomic mass is 16.5. The molecule has 1 unspecified atom stereocenters. The van der Waals surface area contributed by atoms with Crippen LogP contribution in [0.4, 0.5) is 0 Å². The van der Waals surface area contributed by atoms with E-state index >= 15 is 0 Å². The lowest BCUT2D eigenvalue weighted by Gasteiger charge is -2.08. The van der Waals surface area contributed by atoms with E-state index in [0.29, 0.717) is 6.42 Å². The highest BCUT2D eigenvalue weighted by molar-refractivity contribution is 5.76. The van der Waals surface area contributed by atoms with Crippen molar-refractivity contribution in [3.8, 4) is 0 Å². The largest absolute Gasteiger partial charge is 0.381 e. The second-order valence-electron chi connectivity index (χ2n) is 2.55. The topological polar surface area (TPSA) is 38.3 Å². The van der Waals surface area contributed by atoms with Crippen LogP contribution >= 0.6 is 0 Å². The van der Waals surface area contributed by atoms with Gasteiger partial charge in [0.2, 0.25) is 5.91 Å². The first-order valence-corrected chi connectivity index (χ1v) is 3.62. The average Bonchev–Trinajstić information content (AvgIpc) is 2.13. The maximum atomic E-state index is 10.9. The SMILES string of the molecule is COC1CCCNC(=O)C1. The van der Waals surface area contributed by atoms with Crippen molar-refractivity contribution in [1.82, 2.24) is 5.32 Å². The fourth-order valence-electron chi connectivity index (χ4n) is 1.14. The zero-order chi connectivity index (χ0) is 7.40. The van der Waals surface area contributed by atoms with Crippen molar-refractivity contribution in [2.75, 3.05) is 13.7 Å². The van der Waals surface area contributed by atoms with E-state index in [4.69, 9.17) is 4.74 Å². The lowest BCUT2D eigenvalue weighted by Crippen LogP contribution is -2.24. The minimum atomic E-state index is 0.115. The highest BCUT2D eigenvalue weighted by Gasteiger charge is 2.15. The van der Waals surface area contributed by atoms with Gasteiger partial charge in [0.15, 0.2) is 0 Å². The Hall–Kier alpha value is -0.570. The fraction of sp³-hybridized carbons (Fsp3) is 0.857. The summed E-state index contributed by atoms with van der Waals surface area (Å²) in [7, 11) is 1.66. The van der Waals surface area contributed by atoms with Crippen LogP contribution in [0.15, 0.2) is 0 Å². The first kappa shape index (κ1) is 7.54. The zero-order valence-corrected chi connectivity index (χ0v) is 6.22. The third-order valence-electron chi connectivity index (χ3n) is 1.77. The molecule has 1 heterocycles. The molecule has 0 aromatic carbocycles. The molecular weight excluding hydrogens is 130 g/mol. The molecule has 1 saturated heterocycles. The summed E-state index contributed by atoms with van der Waals surface area (Å²) in [5.74, 6) is 0.115. The van der Waals surface area contributed by atoms with Crippen LogP contribution in [0, 0.1) is 0 Å². The molecular formula is C7H13NO2. The first-order chi connectivity index (χ1) is 4.83. The molecule has 0 saturated carbocycles. The summed E-state index contributed by atoms with van der Waals surface area (Å²) in [5, 5.41) is 2.79. The van der Waals surface area contributed by atoms with E-state index in [9.17, 15) is 4.79 Å². The van der Waals surface area contributed by atoms with Crippen LogP contribution in [0.25, 0.3) is 0 Å². The average molecular weight is 143 g/mol. The van der Waals surface area contributed by atoms with Crippen molar-refractivity contribution in [3.05, 3.63) is 0 Å². The van der Waals surface area contributed by atoms with Crippen LogP contribution in [0.3, 0.4) is 0 Å². The predicted molar refractivity (Wildman–Crippen MR) is 37.7 cm³/mol. The van der Waals surface area contributed by atoms with E-state index in [0.717, 1.165) is 19.4 Å². The van der Waals surface area contributed by atoms with E-state index < -0.39 is 0 Å². The summed E-state index contributed by atoms with van der Waals surface area (Å²) < 4.78 is 5.08. The first-order valence-electron chi connectivity index (χ1n) is 3.62. The summed E-state index contributed by atoms with van der Waals surface area (Å²) in [6.45, 7) is 0.804. The van der Waals surface area contributed by atoms with Gasteiger partial charge in [-0.25, -0.2) is 0 Å². The second-order valence-corrected chi connectivity index (χ2v) is 2.55. The molecule has 58 valence electrons. The molecule has 0 aliphatic carbocycles. The molecule has 1 aliphatic rings. The third kappa shape index (κ3) is 1.99. The van der Waals surface area contributed by atoms with Gasteiger partial charge in [0.25, 0.3) is 0 Å². The van der Waals surface area contributed by atoms with Gasteiger partial charge in [-0.1, -0.05) is 0 Å². The highest BCUT2D eigenvalue weighted by Crippen LogP contribution is 2.08. The van der Waals surface area contributed by atoms with Crippen molar-refractivity contribution >= 4 is 5.91 Å². The molecule has 0 radical (unpaired) electrons. The maximum Gasteiger partial charge on any atom is 0.222 e. The van der Waals surface area contributed by atoms with Crippen molar-refractivity contribution in [2.45, 2.75) is 25.4 Å². The van der Waals surface area contributed by atoms with E-state index in [1.807, 2.05) is 0 Å². The monoisotopic (exact) mass is 143 g/mol. The van der Waals surface area contributed by atoms with Gasteiger partial charge in [-0.15, -0.1) is 0 Å². The van der Waals surface area contributed by atoms with Gasteiger partial charge in [-0.3, -0.25) is 4.79 Å². The van der Waals surface area contributed by atoms with Crippen molar-refractivity contribution in [2.24, 2.45) is 0 Å². The molecule has 0 bridgehead atoms. The Balaban J connectivity index is 2.38. The molecule has 3 heteroatoms. The van der Waals surface area contributed by atoms with Gasteiger partial charge in [0.05, 0.1) is 12.5 Å². The number of hydrogen-bond acceptors (Lipinski definition) is 2. The smallest absolute Gasteiger partial charge is 0.222 e. The molecule has 0 aromatic heterocycles. The molecule has 0 spiro atoms. The summed E-state index contributed by atoms with van der Waals surface area (Å²) in [5.41, 5.74) is 0. The van der Waals surface area contributed by atoms with E-state index in [1.165, 1.54) is 0 Å². The van der Waals surface area contributed by atoms with Crippen molar-refractivity contribution < 1.29 is 9.53 Å². The molecule has 10 heavy (non-hydrogen) atoms. The standard InChI is InChI=1S/C7H13NO2/c1-10-6-3-2-4-8-7(9)5-6/h6H,2-5H2,1H3,(H,8,9). The molecule has 1 amide bonds. The molecule has 1 aliphatic heterocycles. The Bertz CT molecular complexity index is 125. The number of ether oxygens (including phenoxy) is 1. The predicted octanol–water partition coefficient (Wildman–Crippen LogP) is 0.301. The normalized spacial score (nSPS) is 27.3. The number of carbonyl (C=O) groups is 1. The van der Waals surface area contributed by atoms with Crippen LogP contribution < -0.4 is 5.32 Å². The Labute approximate surface area is 60.7 Å². The molecule has 3 nitrogen and oxygen atoms in total. The molecule has 1 rings (SSSR count). The summed E-state index contributed by atoms with van der Waals surface area (Å²) in [6.07, 6.45) is 2.69. The fourth-order valence-corrected chi connectivity index (χ4v) is 1.14. The zero-order valence-electron chi connectivity index (χ0n) is 6.22. The molecule has 1 atom stereocenters. The number of nitrogens with one attached hydrogen (secondary N) is 1. The maximum absolute atomic E-state index is 10.9. The van der Waals surface area contributed by atoms with Gasteiger partial charge >= 0.3 is 0 Å². The van der Waals surface area contributed by atoms with Gasteiger partial charge in [-0.2, -0.15) is 0 Å². The second kappa shape index (κ2) is 3.56. The number of hydrogen-bond donors (Lipinski definition) is 1. The van der Waals surface area contributed by atoms with E-state index in [1.54, 1.807) is 7.11 Å². The molecule has 0 aromatic rings. The number of rotatable bonds is 1. The van der Waals surface area contributed by atoms with Crippen LogP contribution in [-0.2, 0) is 9.53 Å². The number of carbonyl (C=O) groups excluding carboxylic acids is 1. The van der Waals surface area contributed by atoms with Crippen LogP contribution in [0.2, 0.25) is 0 Å². The van der Waals surface area contributed by atoms with Crippen LogP contribution in [-0.4, -0.2) is 25.7 Å². The van der Waals surface area contributed by atoms with Gasteiger partial charge in [-0.05, 0) is 12.8 Å². The lowest BCUT2D eigenvalue weighted by atomic mass is 10.1. The van der Waals surface area contributed by atoms with Crippen molar-refractivity contribution in [1.29, 1.82) is 0 Å². The van der Waals surface area contributed by atoms with Gasteiger partial charge < -0.3 is 10.1 Å². The number of amides is 1. The van der Waals surface area contributed by atoms with Gasteiger partial charge in [0.1, 0.15) is 0 Å². The minimum Gasteiger partial charge on any atom is -0.381 e. The molecule has 1 N–H and O–H groups in total.